The van der Waals surface area contributed by atoms with Crippen molar-refractivity contribution in [2.75, 3.05) is 0 Å². The summed E-state index contributed by atoms with van der Waals surface area (Å²) in [4.78, 5) is 8.17. The average Bonchev–Trinajstić information content (AvgIpc) is 2.41. The summed E-state index contributed by atoms with van der Waals surface area (Å²) < 4.78 is 13.8. The maximum atomic E-state index is 13.8. The van der Waals surface area contributed by atoms with Gasteiger partial charge in [0.25, 0.3) is 0 Å². The van der Waals surface area contributed by atoms with E-state index in [0.717, 1.165) is 0 Å². The molecule has 0 unspecified atom stereocenters. The fourth-order valence-corrected chi connectivity index (χ4v) is 2.00. The van der Waals surface area contributed by atoms with Crippen molar-refractivity contribution < 1.29 is 9.60 Å². The van der Waals surface area contributed by atoms with Crippen molar-refractivity contribution in [1.82, 2.24) is 9.97 Å². The molecule has 1 heterocycles. The Morgan fingerprint density at radius 2 is 2.22 bits per heavy atom. The Morgan fingerprint density at radius 1 is 1.39 bits per heavy atom. The zero-order valence-electron chi connectivity index (χ0n) is 9.12. The smallest absolute Gasteiger partial charge is 0.170 e. The molecule has 2 rings (SSSR count). The third-order valence-electron chi connectivity index (χ3n) is 2.10. The van der Waals surface area contributed by atoms with Gasteiger partial charge in [0.1, 0.15) is 17.2 Å². The van der Waals surface area contributed by atoms with Gasteiger partial charge < -0.3 is 10.9 Å². The fraction of sp³-hybridized carbons (Fsp3) is 0. The second-order valence-corrected chi connectivity index (χ2v) is 4.34. The van der Waals surface area contributed by atoms with Gasteiger partial charge in [0.05, 0.1) is 0 Å². The largest absolute Gasteiger partial charge is 0.409 e. The van der Waals surface area contributed by atoms with Gasteiger partial charge >= 0.3 is 0 Å². The lowest BCUT2D eigenvalue weighted by atomic mass is 10.2. The summed E-state index contributed by atoms with van der Waals surface area (Å²) in [7, 11) is 0. The van der Waals surface area contributed by atoms with Crippen molar-refractivity contribution >= 4 is 17.6 Å². The van der Waals surface area contributed by atoms with Crippen LogP contribution < -0.4 is 5.73 Å². The van der Waals surface area contributed by atoms with E-state index in [1.165, 1.54) is 24.2 Å². The van der Waals surface area contributed by atoms with Crippen molar-refractivity contribution in [3.05, 3.63) is 48.2 Å². The van der Waals surface area contributed by atoms with Crippen LogP contribution in [0.3, 0.4) is 0 Å². The molecule has 7 heteroatoms. The van der Waals surface area contributed by atoms with Crippen molar-refractivity contribution in [2.24, 2.45) is 10.9 Å². The van der Waals surface area contributed by atoms with Gasteiger partial charge in [-0.1, -0.05) is 16.9 Å². The predicted octanol–water partition coefficient (Wildman–Crippen LogP) is 1.86. The van der Waals surface area contributed by atoms with E-state index in [1.54, 1.807) is 24.4 Å². The highest BCUT2D eigenvalue weighted by atomic mass is 32.2. The van der Waals surface area contributed by atoms with E-state index >= 15 is 0 Å². The van der Waals surface area contributed by atoms with Crippen molar-refractivity contribution in [3.63, 3.8) is 0 Å². The molecule has 0 saturated heterocycles. The summed E-state index contributed by atoms with van der Waals surface area (Å²) in [6.07, 6.45) is 2.98. The molecule has 1 aromatic heterocycles. The Balaban J connectivity index is 2.26. The minimum absolute atomic E-state index is 0.132. The summed E-state index contributed by atoms with van der Waals surface area (Å²) in [5, 5.41) is 12.0. The first-order chi connectivity index (χ1) is 8.70. The second kappa shape index (κ2) is 5.46. The molecule has 0 saturated carbocycles. The Kier molecular flexibility index (Phi) is 3.73. The molecule has 0 radical (unpaired) electrons. The fourth-order valence-electron chi connectivity index (χ4n) is 1.25. The molecule has 0 atom stereocenters. The summed E-state index contributed by atoms with van der Waals surface area (Å²) >= 11 is 1.17. The van der Waals surface area contributed by atoms with Crippen molar-refractivity contribution in [3.8, 4) is 0 Å². The number of nitrogens with zero attached hydrogens (tertiary/aromatic N) is 3. The number of nitrogens with two attached hydrogens (primary N) is 1. The van der Waals surface area contributed by atoms with Gasteiger partial charge in [-0.25, -0.2) is 14.4 Å². The summed E-state index contributed by atoms with van der Waals surface area (Å²) in [6.45, 7) is 0. The third kappa shape index (κ3) is 2.75. The minimum Gasteiger partial charge on any atom is -0.409 e. The van der Waals surface area contributed by atoms with Crippen LogP contribution in [0.1, 0.15) is 5.56 Å². The van der Waals surface area contributed by atoms with Gasteiger partial charge in [0.15, 0.2) is 5.84 Å². The zero-order valence-corrected chi connectivity index (χ0v) is 9.93. The molecule has 2 aromatic rings. The van der Waals surface area contributed by atoms with Crippen LogP contribution in [0.15, 0.2) is 51.9 Å². The Bertz CT molecular complexity index is 577. The van der Waals surface area contributed by atoms with E-state index in [-0.39, 0.29) is 5.84 Å². The molecule has 92 valence electrons. The quantitative estimate of drug-likeness (QED) is 0.290. The first-order valence-corrected chi connectivity index (χ1v) is 5.73. The monoisotopic (exact) mass is 264 g/mol. The van der Waals surface area contributed by atoms with E-state index in [2.05, 4.69) is 15.1 Å². The number of aromatic nitrogens is 2. The number of benzene rings is 1. The summed E-state index contributed by atoms with van der Waals surface area (Å²) in [5.74, 6) is -0.588. The van der Waals surface area contributed by atoms with Crippen LogP contribution in [0.5, 0.6) is 0 Å². The summed E-state index contributed by atoms with van der Waals surface area (Å²) in [6, 6.07) is 6.01. The molecule has 0 bridgehead atoms. The first-order valence-electron chi connectivity index (χ1n) is 4.92. The number of amidine groups is 1. The number of rotatable bonds is 3. The van der Waals surface area contributed by atoms with Crippen LogP contribution in [0.2, 0.25) is 0 Å². The highest BCUT2D eigenvalue weighted by Gasteiger charge is 2.08. The van der Waals surface area contributed by atoms with E-state index in [9.17, 15) is 4.39 Å². The SMILES string of the molecule is NC(=NO)c1ccc(Sc2ccncn2)c(F)c1. The Labute approximate surface area is 107 Å². The lowest BCUT2D eigenvalue weighted by Crippen LogP contribution is -2.13. The number of hydrogen-bond acceptors (Lipinski definition) is 5. The normalized spacial score (nSPS) is 11.5. The molecule has 0 fully saturated rings. The zero-order chi connectivity index (χ0) is 13.0. The molecule has 0 aliphatic rings. The molecule has 5 nitrogen and oxygen atoms in total. The Morgan fingerprint density at radius 3 is 2.83 bits per heavy atom. The molecular formula is C11H9FN4OS. The molecule has 0 amide bonds. The molecule has 0 aliphatic heterocycles. The number of hydrogen-bond donors (Lipinski definition) is 2. The second-order valence-electron chi connectivity index (χ2n) is 3.28. The predicted molar refractivity (Wildman–Crippen MR) is 65.1 cm³/mol. The van der Waals surface area contributed by atoms with E-state index < -0.39 is 5.82 Å². The molecule has 0 spiro atoms. The minimum atomic E-state index is -0.456. The van der Waals surface area contributed by atoms with E-state index in [0.29, 0.717) is 15.5 Å². The van der Waals surface area contributed by atoms with Gasteiger partial charge in [-0.3, -0.25) is 0 Å². The van der Waals surface area contributed by atoms with Crippen LogP contribution in [-0.2, 0) is 0 Å². The van der Waals surface area contributed by atoms with Crippen LogP contribution in [0.4, 0.5) is 4.39 Å². The van der Waals surface area contributed by atoms with Gasteiger partial charge in [-0.05, 0) is 24.3 Å². The van der Waals surface area contributed by atoms with Gasteiger partial charge in [-0.15, -0.1) is 0 Å². The van der Waals surface area contributed by atoms with E-state index in [4.69, 9.17) is 10.9 Å². The highest BCUT2D eigenvalue weighted by molar-refractivity contribution is 7.99. The standard InChI is InChI=1S/C11H9FN4OS/c12-8-5-7(11(13)16-17)1-2-9(8)18-10-3-4-14-6-15-10/h1-6,17H,(H2,13,16). The van der Waals surface area contributed by atoms with Gasteiger partial charge in [-0.2, -0.15) is 0 Å². The van der Waals surface area contributed by atoms with Crippen molar-refractivity contribution in [1.29, 1.82) is 0 Å². The molecule has 3 N–H and O–H groups in total. The highest BCUT2D eigenvalue weighted by Crippen LogP contribution is 2.28. The number of oxime groups is 1. The maximum Gasteiger partial charge on any atom is 0.170 e. The molecule has 18 heavy (non-hydrogen) atoms. The average molecular weight is 264 g/mol. The first kappa shape index (κ1) is 12.3. The Hall–Kier alpha value is -2.15. The van der Waals surface area contributed by atoms with Crippen LogP contribution in [0, 0.1) is 5.82 Å². The van der Waals surface area contributed by atoms with E-state index in [1.807, 2.05) is 0 Å². The van der Waals surface area contributed by atoms with Crippen LogP contribution in [0.25, 0.3) is 0 Å². The molecular weight excluding hydrogens is 255 g/mol. The van der Waals surface area contributed by atoms with Gasteiger partial charge in [0, 0.05) is 16.7 Å². The van der Waals surface area contributed by atoms with Gasteiger partial charge in [0.2, 0.25) is 0 Å². The maximum absolute atomic E-state index is 13.8. The molecule has 1 aromatic carbocycles. The van der Waals surface area contributed by atoms with Crippen LogP contribution >= 0.6 is 11.8 Å². The lowest BCUT2D eigenvalue weighted by Gasteiger charge is -2.04. The number of halogens is 1. The molecule has 0 aliphatic carbocycles. The lowest BCUT2D eigenvalue weighted by molar-refractivity contribution is 0.318. The van der Waals surface area contributed by atoms with Crippen LogP contribution in [-0.4, -0.2) is 21.0 Å². The third-order valence-corrected chi connectivity index (χ3v) is 3.11. The topological polar surface area (TPSA) is 84.4 Å². The van der Waals surface area contributed by atoms with Crippen molar-refractivity contribution in [2.45, 2.75) is 9.92 Å². The summed E-state index contributed by atoms with van der Waals surface area (Å²) in [5.41, 5.74) is 5.69.